The van der Waals surface area contributed by atoms with Crippen LogP contribution in [0.3, 0.4) is 0 Å². The number of aromatic amines is 1. The minimum absolute atomic E-state index is 0.181. The van der Waals surface area contributed by atoms with E-state index >= 15 is 0 Å². The first-order valence-electron chi connectivity index (χ1n) is 4.88. The van der Waals surface area contributed by atoms with Gasteiger partial charge in [0.15, 0.2) is 0 Å². The van der Waals surface area contributed by atoms with Crippen LogP contribution in [0.1, 0.15) is 29.8 Å². The summed E-state index contributed by atoms with van der Waals surface area (Å²) in [5.41, 5.74) is -0.286. The van der Waals surface area contributed by atoms with Crippen molar-refractivity contribution in [2.45, 2.75) is 25.8 Å². The first kappa shape index (κ1) is 10.1. The maximum Gasteiger partial charge on any atom is 0.291 e. The summed E-state index contributed by atoms with van der Waals surface area (Å²) in [6.07, 6.45) is 0.822. The Kier molecular flexibility index (Phi) is 2.44. The van der Waals surface area contributed by atoms with Crippen molar-refractivity contribution < 1.29 is 9.53 Å². The third kappa shape index (κ3) is 2.15. The Morgan fingerprint density at radius 1 is 1.67 bits per heavy atom. The smallest absolute Gasteiger partial charge is 0.291 e. The Bertz CT molecular complexity index is 368. The molecule has 2 heterocycles. The summed E-state index contributed by atoms with van der Waals surface area (Å²) in [4.78, 5) is 15.7. The zero-order chi connectivity index (χ0) is 10.9. The van der Waals surface area contributed by atoms with Gasteiger partial charge in [0, 0.05) is 6.61 Å². The maximum absolute atomic E-state index is 11.7. The second-order valence-corrected chi connectivity index (χ2v) is 4.06. The van der Waals surface area contributed by atoms with E-state index in [1.807, 2.05) is 6.92 Å². The van der Waals surface area contributed by atoms with Gasteiger partial charge in [-0.05, 0) is 20.3 Å². The van der Waals surface area contributed by atoms with Gasteiger partial charge in [-0.3, -0.25) is 9.89 Å². The van der Waals surface area contributed by atoms with Gasteiger partial charge in [-0.1, -0.05) is 0 Å². The fourth-order valence-corrected chi connectivity index (χ4v) is 1.54. The van der Waals surface area contributed by atoms with Crippen molar-refractivity contribution in [1.29, 1.82) is 0 Å². The minimum atomic E-state index is -0.286. The molecule has 6 nitrogen and oxygen atoms in total. The molecule has 1 atom stereocenters. The Morgan fingerprint density at radius 3 is 3.00 bits per heavy atom. The summed E-state index contributed by atoms with van der Waals surface area (Å²) in [5.74, 6) is 0.556. The predicted octanol–water partition coefficient (Wildman–Crippen LogP) is 0.0219. The van der Waals surface area contributed by atoms with Gasteiger partial charge in [0.25, 0.3) is 5.91 Å². The lowest BCUT2D eigenvalue weighted by Gasteiger charge is -2.22. The number of hydrogen-bond acceptors (Lipinski definition) is 4. The number of aromatic nitrogens is 3. The predicted molar refractivity (Wildman–Crippen MR) is 52.4 cm³/mol. The summed E-state index contributed by atoms with van der Waals surface area (Å²) < 4.78 is 5.24. The van der Waals surface area contributed by atoms with E-state index < -0.39 is 0 Å². The Balaban J connectivity index is 2.03. The molecule has 82 valence electrons. The lowest BCUT2D eigenvalue weighted by atomic mass is 10.0. The van der Waals surface area contributed by atoms with E-state index in [1.54, 1.807) is 6.92 Å². The Hall–Kier alpha value is -1.43. The molecule has 1 aliphatic rings. The first-order chi connectivity index (χ1) is 7.09. The third-order valence-corrected chi connectivity index (χ3v) is 2.43. The molecule has 0 aromatic carbocycles. The molecule has 1 aromatic heterocycles. The molecule has 1 amide bonds. The van der Waals surface area contributed by atoms with E-state index in [0.29, 0.717) is 19.0 Å². The summed E-state index contributed by atoms with van der Waals surface area (Å²) in [7, 11) is 0. The zero-order valence-electron chi connectivity index (χ0n) is 8.83. The summed E-state index contributed by atoms with van der Waals surface area (Å²) in [5, 5.41) is 9.31. The number of ether oxygens (including phenoxy) is 1. The highest BCUT2D eigenvalue weighted by Gasteiger charge is 2.32. The number of amides is 1. The van der Waals surface area contributed by atoms with E-state index in [9.17, 15) is 4.79 Å². The fourth-order valence-electron chi connectivity index (χ4n) is 1.54. The van der Waals surface area contributed by atoms with Crippen molar-refractivity contribution in [3.8, 4) is 0 Å². The minimum Gasteiger partial charge on any atom is -0.379 e. The van der Waals surface area contributed by atoms with Crippen LogP contribution in [0.25, 0.3) is 0 Å². The second-order valence-electron chi connectivity index (χ2n) is 4.06. The van der Waals surface area contributed by atoms with E-state index in [4.69, 9.17) is 4.74 Å². The van der Waals surface area contributed by atoms with Crippen molar-refractivity contribution >= 4 is 5.91 Å². The number of nitrogens with zero attached hydrogens (tertiary/aromatic N) is 2. The van der Waals surface area contributed by atoms with Gasteiger partial charge < -0.3 is 10.1 Å². The van der Waals surface area contributed by atoms with Crippen molar-refractivity contribution in [3.63, 3.8) is 0 Å². The molecule has 1 fully saturated rings. The molecule has 0 spiro atoms. The van der Waals surface area contributed by atoms with Gasteiger partial charge in [-0.2, -0.15) is 0 Å². The number of aryl methyl sites for hydroxylation is 1. The maximum atomic E-state index is 11.7. The second kappa shape index (κ2) is 3.62. The first-order valence-corrected chi connectivity index (χ1v) is 4.88. The van der Waals surface area contributed by atoms with Crippen LogP contribution in [0, 0.1) is 6.92 Å². The number of carbonyl (C=O) groups is 1. The third-order valence-electron chi connectivity index (χ3n) is 2.43. The van der Waals surface area contributed by atoms with Gasteiger partial charge in [0.05, 0.1) is 12.1 Å². The highest BCUT2D eigenvalue weighted by Crippen LogP contribution is 2.17. The van der Waals surface area contributed by atoms with Crippen molar-refractivity contribution in [2.75, 3.05) is 13.2 Å². The van der Waals surface area contributed by atoms with E-state index in [1.165, 1.54) is 0 Å². The average molecular weight is 210 g/mol. The van der Waals surface area contributed by atoms with Crippen molar-refractivity contribution in [1.82, 2.24) is 20.5 Å². The van der Waals surface area contributed by atoms with Crippen LogP contribution in [-0.2, 0) is 4.74 Å². The molecule has 1 unspecified atom stereocenters. The van der Waals surface area contributed by atoms with Gasteiger partial charge in [0.2, 0.25) is 5.82 Å². The molecule has 2 rings (SSSR count). The van der Waals surface area contributed by atoms with Crippen LogP contribution in [-0.4, -0.2) is 39.8 Å². The average Bonchev–Trinajstić information content (AvgIpc) is 2.75. The lowest BCUT2D eigenvalue weighted by molar-refractivity contribution is 0.0879. The fraction of sp³-hybridized carbons (Fsp3) is 0.667. The molecule has 6 heteroatoms. The van der Waals surface area contributed by atoms with Crippen LogP contribution >= 0.6 is 0 Å². The van der Waals surface area contributed by atoms with E-state index in [-0.39, 0.29) is 17.3 Å². The van der Waals surface area contributed by atoms with Crippen LogP contribution in [0.15, 0.2) is 0 Å². The molecular weight excluding hydrogens is 196 g/mol. The van der Waals surface area contributed by atoms with Crippen molar-refractivity contribution in [2.24, 2.45) is 0 Å². The SMILES string of the molecule is Cc1nc(C(=O)NC2(C)CCOC2)n[nH]1. The molecule has 15 heavy (non-hydrogen) atoms. The molecule has 1 aliphatic heterocycles. The number of hydrogen-bond donors (Lipinski definition) is 2. The van der Waals surface area contributed by atoms with E-state index in [2.05, 4.69) is 20.5 Å². The van der Waals surface area contributed by atoms with Crippen molar-refractivity contribution in [3.05, 3.63) is 11.6 Å². The molecule has 0 aliphatic carbocycles. The Morgan fingerprint density at radius 2 is 2.47 bits per heavy atom. The standard InChI is InChI=1S/C9H14N4O2/c1-6-10-7(13-12-6)8(14)11-9(2)3-4-15-5-9/h3-5H2,1-2H3,(H,11,14)(H,10,12,13). The number of H-pyrrole nitrogens is 1. The number of nitrogens with one attached hydrogen (secondary N) is 2. The molecule has 1 aromatic rings. The van der Waals surface area contributed by atoms with Gasteiger partial charge in [-0.15, -0.1) is 5.10 Å². The largest absolute Gasteiger partial charge is 0.379 e. The number of rotatable bonds is 2. The molecule has 0 bridgehead atoms. The van der Waals surface area contributed by atoms with Gasteiger partial charge in [0.1, 0.15) is 5.82 Å². The molecule has 0 radical (unpaired) electrons. The molecule has 0 saturated carbocycles. The normalized spacial score (nSPS) is 25.5. The molecule has 1 saturated heterocycles. The van der Waals surface area contributed by atoms with Crippen LogP contribution < -0.4 is 5.32 Å². The van der Waals surface area contributed by atoms with Crippen LogP contribution in [0.2, 0.25) is 0 Å². The summed E-state index contributed by atoms with van der Waals surface area (Å²) in [6.45, 7) is 4.94. The highest BCUT2D eigenvalue weighted by molar-refractivity contribution is 5.90. The van der Waals surface area contributed by atoms with E-state index in [0.717, 1.165) is 6.42 Å². The van der Waals surface area contributed by atoms with Gasteiger partial charge in [-0.25, -0.2) is 4.98 Å². The molecule has 2 N–H and O–H groups in total. The number of carbonyl (C=O) groups excluding carboxylic acids is 1. The topological polar surface area (TPSA) is 79.9 Å². The van der Waals surface area contributed by atoms with Crippen LogP contribution in [0.5, 0.6) is 0 Å². The monoisotopic (exact) mass is 210 g/mol. The zero-order valence-corrected chi connectivity index (χ0v) is 8.83. The summed E-state index contributed by atoms with van der Waals surface area (Å²) >= 11 is 0. The lowest BCUT2D eigenvalue weighted by Crippen LogP contribution is -2.46. The Labute approximate surface area is 87.4 Å². The molecular formula is C9H14N4O2. The summed E-state index contributed by atoms with van der Waals surface area (Å²) in [6, 6.07) is 0. The van der Waals surface area contributed by atoms with Crippen LogP contribution in [0.4, 0.5) is 0 Å². The van der Waals surface area contributed by atoms with Gasteiger partial charge >= 0.3 is 0 Å². The quantitative estimate of drug-likeness (QED) is 0.721. The highest BCUT2D eigenvalue weighted by atomic mass is 16.5.